The summed E-state index contributed by atoms with van der Waals surface area (Å²) in [5, 5.41) is 4.70. The summed E-state index contributed by atoms with van der Waals surface area (Å²) in [5.74, 6) is 0.205. The molecule has 3 heteroatoms. The van der Waals surface area contributed by atoms with Crippen molar-refractivity contribution >= 4 is 16.8 Å². The zero-order valence-electron chi connectivity index (χ0n) is 15.9. The summed E-state index contributed by atoms with van der Waals surface area (Å²) in [6, 6.07) is 19.6. The second kappa shape index (κ2) is 6.26. The van der Waals surface area contributed by atoms with E-state index in [9.17, 15) is 4.79 Å². The van der Waals surface area contributed by atoms with E-state index in [0.717, 1.165) is 32.2 Å². The van der Waals surface area contributed by atoms with Crippen LogP contribution >= 0.6 is 0 Å². The molecule has 1 aromatic heterocycles. The molecular formula is C24H26N2O. The summed E-state index contributed by atoms with van der Waals surface area (Å²) < 4.78 is 2.49. The lowest BCUT2D eigenvalue weighted by Gasteiger charge is -2.47. The third-order valence-corrected chi connectivity index (χ3v) is 6.93. The lowest BCUT2D eigenvalue weighted by Crippen LogP contribution is -2.48. The van der Waals surface area contributed by atoms with Gasteiger partial charge in [0, 0.05) is 35.1 Å². The molecule has 0 spiro atoms. The molecule has 2 atom stereocenters. The van der Waals surface area contributed by atoms with Gasteiger partial charge in [-0.25, -0.2) is 0 Å². The molecule has 1 fully saturated rings. The molecule has 1 N–H and O–H groups in total. The first-order valence-corrected chi connectivity index (χ1v) is 10.2. The van der Waals surface area contributed by atoms with Gasteiger partial charge >= 0.3 is 0 Å². The van der Waals surface area contributed by atoms with Gasteiger partial charge in [0.2, 0.25) is 5.91 Å². The zero-order valence-corrected chi connectivity index (χ0v) is 15.9. The Kier molecular flexibility index (Phi) is 3.85. The highest BCUT2D eigenvalue weighted by atomic mass is 16.1. The normalized spacial score (nSPS) is 24.3. The molecule has 138 valence electrons. The van der Waals surface area contributed by atoms with Crippen LogP contribution in [0.2, 0.25) is 0 Å². The van der Waals surface area contributed by atoms with Crippen LogP contribution in [0.15, 0.2) is 54.6 Å². The van der Waals surface area contributed by atoms with Crippen molar-refractivity contribution in [2.45, 2.75) is 51.6 Å². The number of carbonyl (C=O) groups excluding carboxylic acids is 1. The molecule has 0 radical (unpaired) electrons. The number of nitrogens with zero attached hydrogens (tertiary/aromatic N) is 1. The molecule has 1 aliphatic heterocycles. The highest BCUT2D eigenvalue weighted by molar-refractivity contribution is 5.88. The van der Waals surface area contributed by atoms with Gasteiger partial charge in [-0.05, 0) is 42.7 Å². The number of para-hydroxylation sites is 1. The molecule has 3 nitrogen and oxygen atoms in total. The van der Waals surface area contributed by atoms with Crippen LogP contribution in [0.3, 0.4) is 0 Å². The molecule has 0 saturated carbocycles. The number of hydrogen-bond donors (Lipinski definition) is 1. The largest absolute Gasteiger partial charge is 0.349 e. The first kappa shape index (κ1) is 16.6. The molecule has 27 heavy (non-hydrogen) atoms. The van der Waals surface area contributed by atoms with Gasteiger partial charge in [-0.2, -0.15) is 0 Å². The number of hydrogen-bond acceptors (Lipinski definition) is 1. The molecule has 5 rings (SSSR count). The van der Waals surface area contributed by atoms with Crippen LogP contribution in [0.25, 0.3) is 10.9 Å². The quantitative estimate of drug-likeness (QED) is 0.704. The van der Waals surface area contributed by atoms with Gasteiger partial charge < -0.3 is 9.88 Å². The van der Waals surface area contributed by atoms with Crippen LogP contribution in [0.5, 0.6) is 0 Å². The average molecular weight is 358 g/mol. The van der Waals surface area contributed by atoms with Crippen molar-refractivity contribution in [3.05, 3.63) is 71.4 Å². The number of benzene rings is 2. The summed E-state index contributed by atoms with van der Waals surface area (Å²) in [4.78, 5) is 12.3. The topological polar surface area (TPSA) is 34.0 Å². The fourth-order valence-electron chi connectivity index (χ4n) is 5.39. The van der Waals surface area contributed by atoms with Gasteiger partial charge in [0.15, 0.2) is 0 Å². The number of nitrogens with one attached hydrogen (secondary N) is 1. The first-order valence-electron chi connectivity index (χ1n) is 10.2. The van der Waals surface area contributed by atoms with E-state index in [1.807, 2.05) is 0 Å². The smallest absolute Gasteiger partial charge is 0.220 e. The van der Waals surface area contributed by atoms with E-state index in [1.54, 1.807) is 0 Å². The minimum absolute atomic E-state index is 0.148. The Morgan fingerprint density at radius 1 is 1.04 bits per heavy atom. The van der Waals surface area contributed by atoms with Crippen molar-refractivity contribution in [2.75, 3.05) is 0 Å². The van der Waals surface area contributed by atoms with Gasteiger partial charge in [0.1, 0.15) is 0 Å². The molecule has 2 aromatic carbocycles. The molecule has 2 heterocycles. The predicted octanol–water partition coefficient (Wildman–Crippen LogP) is 4.98. The lowest BCUT2D eigenvalue weighted by molar-refractivity contribution is -0.127. The summed E-state index contributed by atoms with van der Waals surface area (Å²) >= 11 is 0. The summed E-state index contributed by atoms with van der Waals surface area (Å²) in [7, 11) is 0. The molecule has 0 bridgehead atoms. The van der Waals surface area contributed by atoms with E-state index in [-0.39, 0.29) is 17.4 Å². The van der Waals surface area contributed by atoms with E-state index in [2.05, 4.69) is 71.4 Å². The van der Waals surface area contributed by atoms with E-state index >= 15 is 0 Å². The summed E-state index contributed by atoms with van der Waals surface area (Å²) in [6.45, 7) is 3.18. The number of amides is 1. The standard InChI is InChI=1S/C24H26N2O/c1-2-24-14-12-20-22(23(24)25-21(27)13-15-24)18-10-6-7-11-19(18)26(20)16-17-8-4-3-5-9-17/h3-11,23H,2,12-16H2,1H3,(H,25,27)/t23-,24-/m1/s1. The van der Waals surface area contributed by atoms with E-state index < -0.39 is 0 Å². The summed E-state index contributed by atoms with van der Waals surface area (Å²) in [6.07, 6.45) is 5.05. The SMILES string of the molecule is CC[C@@]12CCC(=O)N[C@@H]1c1c(n(Cc3ccccc3)c3ccccc13)CC2. The van der Waals surface area contributed by atoms with Gasteiger partial charge in [-0.3, -0.25) is 4.79 Å². The van der Waals surface area contributed by atoms with E-state index in [1.165, 1.54) is 27.7 Å². The molecule has 1 saturated heterocycles. The Hall–Kier alpha value is -2.55. The van der Waals surface area contributed by atoms with Crippen molar-refractivity contribution in [3.63, 3.8) is 0 Å². The predicted molar refractivity (Wildman–Crippen MR) is 109 cm³/mol. The van der Waals surface area contributed by atoms with E-state index in [0.29, 0.717) is 6.42 Å². The van der Waals surface area contributed by atoms with Gasteiger partial charge in [0.25, 0.3) is 0 Å². The number of piperidine rings is 1. The van der Waals surface area contributed by atoms with Crippen LogP contribution in [0.4, 0.5) is 0 Å². The van der Waals surface area contributed by atoms with Gasteiger partial charge in [-0.1, -0.05) is 55.5 Å². The van der Waals surface area contributed by atoms with Crippen molar-refractivity contribution < 1.29 is 4.79 Å². The monoisotopic (exact) mass is 358 g/mol. The zero-order chi connectivity index (χ0) is 18.4. The van der Waals surface area contributed by atoms with Crippen LogP contribution in [-0.2, 0) is 17.8 Å². The fourth-order valence-corrected chi connectivity index (χ4v) is 5.39. The second-order valence-corrected chi connectivity index (χ2v) is 8.17. The van der Waals surface area contributed by atoms with Crippen molar-refractivity contribution in [1.82, 2.24) is 9.88 Å². The number of rotatable bonds is 3. The Morgan fingerprint density at radius 3 is 2.59 bits per heavy atom. The number of carbonyl (C=O) groups is 1. The van der Waals surface area contributed by atoms with Crippen molar-refractivity contribution in [3.8, 4) is 0 Å². The molecule has 2 aliphatic rings. The maximum Gasteiger partial charge on any atom is 0.220 e. The van der Waals surface area contributed by atoms with Crippen LogP contribution < -0.4 is 5.32 Å². The van der Waals surface area contributed by atoms with Gasteiger partial charge in [0.05, 0.1) is 6.04 Å². The Bertz CT molecular complexity index is 1000. The molecular weight excluding hydrogens is 332 g/mol. The highest BCUT2D eigenvalue weighted by Gasteiger charge is 2.47. The second-order valence-electron chi connectivity index (χ2n) is 8.17. The third kappa shape index (κ3) is 2.52. The fraction of sp³-hybridized carbons (Fsp3) is 0.375. The highest BCUT2D eigenvalue weighted by Crippen LogP contribution is 2.53. The van der Waals surface area contributed by atoms with Crippen LogP contribution in [-0.4, -0.2) is 10.5 Å². The van der Waals surface area contributed by atoms with Crippen LogP contribution in [0.1, 0.15) is 55.5 Å². The molecule has 0 unspecified atom stereocenters. The van der Waals surface area contributed by atoms with Gasteiger partial charge in [-0.15, -0.1) is 0 Å². The summed E-state index contributed by atoms with van der Waals surface area (Å²) in [5.41, 5.74) is 5.61. The molecule has 3 aromatic rings. The molecule has 1 aliphatic carbocycles. The maximum absolute atomic E-state index is 12.3. The molecule has 1 amide bonds. The third-order valence-electron chi connectivity index (χ3n) is 6.93. The van der Waals surface area contributed by atoms with Crippen molar-refractivity contribution in [1.29, 1.82) is 0 Å². The minimum atomic E-state index is 0.148. The average Bonchev–Trinajstić information content (AvgIpc) is 3.03. The maximum atomic E-state index is 12.3. The van der Waals surface area contributed by atoms with Crippen molar-refractivity contribution in [2.24, 2.45) is 5.41 Å². The number of fused-ring (bicyclic) bond motifs is 5. The Morgan fingerprint density at radius 2 is 1.78 bits per heavy atom. The lowest BCUT2D eigenvalue weighted by atomic mass is 9.63. The minimum Gasteiger partial charge on any atom is -0.349 e. The number of aromatic nitrogens is 1. The Labute approximate surface area is 160 Å². The van der Waals surface area contributed by atoms with Crippen LogP contribution in [0, 0.1) is 5.41 Å². The van der Waals surface area contributed by atoms with E-state index in [4.69, 9.17) is 0 Å². The Balaban J connectivity index is 1.71. The first-order chi connectivity index (χ1) is 13.2.